The van der Waals surface area contributed by atoms with Gasteiger partial charge in [-0.3, -0.25) is 0 Å². The number of hydrogen-bond acceptors (Lipinski definition) is 6. The van der Waals surface area contributed by atoms with Crippen LogP contribution in [0.3, 0.4) is 0 Å². The second-order valence-electron chi connectivity index (χ2n) is 4.48. The molecule has 1 aliphatic rings. The van der Waals surface area contributed by atoms with Crippen molar-refractivity contribution in [1.29, 1.82) is 0 Å². The van der Waals surface area contributed by atoms with Crippen LogP contribution >= 0.6 is 33.9 Å². The molecule has 21 heavy (non-hydrogen) atoms. The Morgan fingerprint density at radius 3 is 2.81 bits per heavy atom. The minimum absolute atomic E-state index is 0.244. The molecular weight excluding hydrogens is 403 g/mol. The Bertz CT molecular complexity index is 827. The number of thiophene rings is 1. The molecule has 0 aliphatic carbocycles. The van der Waals surface area contributed by atoms with Crippen molar-refractivity contribution in [2.24, 2.45) is 0 Å². The maximum atomic E-state index is 5.99. The third-order valence-electron chi connectivity index (χ3n) is 3.21. The van der Waals surface area contributed by atoms with Gasteiger partial charge >= 0.3 is 0 Å². The molecular formula is C14H9IN2O3S. The Balaban J connectivity index is 1.87. The molecule has 7 heteroatoms. The number of ether oxygens (including phenoxy) is 2. The number of rotatable bonds is 2. The first kappa shape index (κ1) is 13.0. The predicted molar refractivity (Wildman–Crippen MR) is 88.5 cm³/mol. The van der Waals surface area contributed by atoms with Crippen LogP contribution in [0, 0.1) is 2.88 Å². The number of nitrogens with two attached hydrogens (primary N) is 1. The van der Waals surface area contributed by atoms with E-state index in [4.69, 9.17) is 19.7 Å². The van der Waals surface area contributed by atoms with Crippen LogP contribution in [0.15, 0.2) is 34.2 Å². The second kappa shape index (κ2) is 4.92. The fourth-order valence-corrected chi connectivity index (χ4v) is 3.59. The normalized spacial score (nSPS) is 12.8. The van der Waals surface area contributed by atoms with Crippen LogP contribution in [0.4, 0.5) is 5.82 Å². The van der Waals surface area contributed by atoms with Crippen LogP contribution in [0.2, 0.25) is 0 Å². The zero-order valence-electron chi connectivity index (χ0n) is 10.6. The summed E-state index contributed by atoms with van der Waals surface area (Å²) < 4.78 is 17.3. The van der Waals surface area contributed by atoms with E-state index < -0.39 is 0 Å². The van der Waals surface area contributed by atoms with Crippen molar-refractivity contribution in [3.63, 3.8) is 0 Å². The highest BCUT2D eigenvalue weighted by molar-refractivity contribution is 14.1. The number of hydrogen-bond donors (Lipinski definition) is 1. The van der Waals surface area contributed by atoms with E-state index in [0.29, 0.717) is 17.3 Å². The molecule has 0 saturated carbocycles. The van der Waals surface area contributed by atoms with Crippen LogP contribution in [-0.2, 0) is 0 Å². The van der Waals surface area contributed by atoms with Gasteiger partial charge in [-0.25, -0.2) is 0 Å². The molecule has 0 spiro atoms. The SMILES string of the molecule is Nc1noc(-c2csc(I)c2)c1-c1ccc2c(c1)OCO2. The molecule has 0 amide bonds. The summed E-state index contributed by atoms with van der Waals surface area (Å²) in [7, 11) is 0. The Labute approximate surface area is 137 Å². The standard InChI is InChI=1S/C14H9IN2O3S/c15-11-4-8(5-21-11)13-12(14(16)17-20-13)7-1-2-9-10(3-7)19-6-18-9/h1-5H,6H2,(H2,16,17). The zero-order valence-corrected chi connectivity index (χ0v) is 13.6. The lowest BCUT2D eigenvalue weighted by Crippen LogP contribution is -1.92. The van der Waals surface area contributed by atoms with Gasteiger partial charge in [0, 0.05) is 10.9 Å². The highest BCUT2D eigenvalue weighted by Gasteiger charge is 2.21. The minimum Gasteiger partial charge on any atom is -0.454 e. The number of nitrogens with zero attached hydrogens (tertiary/aromatic N) is 1. The van der Waals surface area contributed by atoms with Crippen molar-refractivity contribution in [3.05, 3.63) is 32.5 Å². The average Bonchev–Trinajstić information content (AvgIpc) is 3.17. The van der Waals surface area contributed by atoms with E-state index in [1.807, 2.05) is 29.6 Å². The van der Waals surface area contributed by atoms with Gasteiger partial charge < -0.3 is 19.7 Å². The fraction of sp³-hybridized carbons (Fsp3) is 0.0714. The Hall–Kier alpha value is -1.74. The largest absolute Gasteiger partial charge is 0.454 e. The second-order valence-corrected chi connectivity index (χ2v) is 7.28. The van der Waals surface area contributed by atoms with E-state index in [2.05, 4.69) is 27.7 Å². The van der Waals surface area contributed by atoms with E-state index in [-0.39, 0.29) is 6.79 Å². The van der Waals surface area contributed by atoms with Crippen molar-refractivity contribution >= 4 is 39.7 Å². The molecule has 106 valence electrons. The molecule has 0 bridgehead atoms. The van der Waals surface area contributed by atoms with Crippen LogP contribution in [0.1, 0.15) is 0 Å². The van der Waals surface area contributed by atoms with Crippen LogP contribution in [0.25, 0.3) is 22.5 Å². The smallest absolute Gasteiger partial charge is 0.231 e. The predicted octanol–water partition coefficient (Wildman–Crippen LogP) is 3.99. The summed E-state index contributed by atoms with van der Waals surface area (Å²) >= 11 is 3.92. The topological polar surface area (TPSA) is 70.5 Å². The molecule has 2 N–H and O–H groups in total. The number of benzene rings is 1. The van der Waals surface area contributed by atoms with Crippen molar-refractivity contribution in [1.82, 2.24) is 5.16 Å². The highest BCUT2D eigenvalue weighted by atomic mass is 127. The summed E-state index contributed by atoms with van der Waals surface area (Å²) in [6.07, 6.45) is 0. The lowest BCUT2D eigenvalue weighted by atomic mass is 10.0. The molecule has 0 saturated heterocycles. The third-order valence-corrected chi connectivity index (χ3v) is 5.00. The zero-order chi connectivity index (χ0) is 14.4. The Morgan fingerprint density at radius 2 is 2.00 bits per heavy atom. The highest BCUT2D eigenvalue weighted by Crippen LogP contribution is 2.42. The minimum atomic E-state index is 0.244. The number of anilines is 1. The van der Waals surface area contributed by atoms with Crippen LogP contribution in [-0.4, -0.2) is 11.9 Å². The number of aromatic nitrogens is 1. The van der Waals surface area contributed by atoms with Gasteiger partial charge in [0.15, 0.2) is 23.1 Å². The number of nitrogen functional groups attached to an aromatic ring is 1. The molecule has 0 fully saturated rings. The Morgan fingerprint density at radius 1 is 1.14 bits per heavy atom. The molecule has 2 aromatic heterocycles. The van der Waals surface area contributed by atoms with E-state index >= 15 is 0 Å². The van der Waals surface area contributed by atoms with Crippen LogP contribution < -0.4 is 15.2 Å². The van der Waals surface area contributed by atoms with Crippen molar-refractivity contribution < 1.29 is 14.0 Å². The molecule has 3 heterocycles. The molecule has 4 rings (SSSR count). The molecule has 1 aromatic carbocycles. The number of fused-ring (bicyclic) bond motifs is 1. The average molecular weight is 412 g/mol. The third kappa shape index (κ3) is 2.16. The van der Waals surface area contributed by atoms with E-state index in [1.54, 1.807) is 11.3 Å². The molecule has 1 aliphatic heterocycles. The van der Waals surface area contributed by atoms with Gasteiger partial charge in [-0.15, -0.1) is 11.3 Å². The molecule has 5 nitrogen and oxygen atoms in total. The first-order chi connectivity index (χ1) is 10.2. The molecule has 0 radical (unpaired) electrons. The summed E-state index contributed by atoms with van der Waals surface area (Å²) in [6.45, 7) is 0.244. The van der Waals surface area contributed by atoms with E-state index in [9.17, 15) is 0 Å². The van der Waals surface area contributed by atoms with Gasteiger partial charge in [-0.05, 0) is 46.4 Å². The van der Waals surface area contributed by atoms with E-state index in [0.717, 1.165) is 22.4 Å². The lowest BCUT2D eigenvalue weighted by molar-refractivity contribution is 0.174. The fourth-order valence-electron chi connectivity index (χ4n) is 2.26. The first-order valence-electron chi connectivity index (χ1n) is 6.12. The summed E-state index contributed by atoms with van der Waals surface area (Å²) in [4.78, 5) is 0. The van der Waals surface area contributed by atoms with Gasteiger partial charge in [0.1, 0.15) is 0 Å². The molecule has 0 unspecified atom stereocenters. The number of halogens is 1. The van der Waals surface area contributed by atoms with Gasteiger partial charge in [0.25, 0.3) is 0 Å². The molecule has 0 atom stereocenters. The van der Waals surface area contributed by atoms with Gasteiger partial charge in [0.2, 0.25) is 6.79 Å². The van der Waals surface area contributed by atoms with E-state index in [1.165, 1.54) is 2.88 Å². The van der Waals surface area contributed by atoms with Crippen molar-refractivity contribution in [2.45, 2.75) is 0 Å². The van der Waals surface area contributed by atoms with Crippen molar-refractivity contribution in [2.75, 3.05) is 12.5 Å². The van der Waals surface area contributed by atoms with Crippen molar-refractivity contribution in [3.8, 4) is 33.9 Å². The maximum Gasteiger partial charge on any atom is 0.231 e. The quantitative estimate of drug-likeness (QED) is 0.645. The maximum absolute atomic E-state index is 5.99. The van der Waals surface area contributed by atoms with Gasteiger partial charge in [-0.2, -0.15) is 0 Å². The monoisotopic (exact) mass is 412 g/mol. The van der Waals surface area contributed by atoms with Gasteiger partial charge in [-0.1, -0.05) is 11.2 Å². The summed E-state index contributed by atoms with van der Waals surface area (Å²) in [5.74, 6) is 2.48. The lowest BCUT2D eigenvalue weighted by Gasteiger charge is -2.03. The summed E-state index contributed by atoms with van der Waals surface area (Å²) in [5, 5.41) is 5.93. The van der Waals surface area contributed by atoms with Crippen LogP contribution in [0.5, 0.6) is 11.5 Å². The molecule has 3 aromatic rings. The first-order valence-corrected chi connectivity index (χ1v) is 8.08. The Kier molecular flexibility index (Phi) is 3.03. The summed E-state index contributed by atoms with van der Waals surface area (Å²) in [5.41, 5.74) is 8.64. The van der Waals surface area contributed by atoms with Gasteiger partial charge in [0.05, 0.1) is 8.45 Å². The summed E-state index contributed by atoms with van der Waals surface area (Å²) in [6, 6.07) is 7.73.